The van der Waals surface area contributed by atoms with E-state index in [9.17, 15) is 0 Å². The number of aromatic nitrogens is 2. The van der Waals surface area contributed by atoms with E-state index in [0.717, 1.165) is 6.21 Å². The zero-order valence-electron chi connectivity index (χ0n) is 8.72. The van der Waals surface area contributed by atoms with Crippen LogP contribution in [0, 0.1) is 5.41 Å². The summed E-state index contributed by atoms with van der Waals surface area (Å²) < 4.78 is 5.46. The smallest absolute Gasteiger partial charge is 0.225 e. The van der Waals surface area contributed by atoms with Crippen molar-refractivity contribution < 1.29 is 4.74 Å². The molecule has 0 fully saturated rings. The molecule has 2 rings (SSSR count). The van der Waals surface area contributed by atoms with Crippen LogP contribution in [0.2, 0.25) is 5.28 Å². The molecule has 0 unspecified atom stereocenters. The Balaban J connectivity index is 2.27. The second-order valence-corrected chi connectivity index (χ2v) is 3.54. The Labute approximate surface area is 103 Å². The Kier molecular flexibility index (Phi) is 3.20. The molecule has 1 heterocycles. The predicted molar refractivity (Wildman–Crippen MR) is 65.9 cm³/mol. The highest BCUT2D eigenvalue weighted by Gasteiger charge is 2.03. The molecule has 6 heteroatoms. The highest BCUT2D eigenvalue weighted by molar-refractivity contribution is 6.28. The maximum atomic E-state index is 7.19. The van der Waals surface area contributed by atoms with Crippen molar-refractivity contribution in [2.75, 3.05) is 5.73 Å². The molecule has 0 bridgehead atoms. The number of nitrogens with zero attached hydrogens (tertiary/aromatic N) is 2. The van der Waals surface area contributed by atoms with Gasteiger partial charge in [-0.3, -0.25) is 0 Å². The van der Waals surface area contributed by atoms with Gasteiger partial charge < -0.3 is 15.9 Å². The number of anilines is 1. The minimum absolute atomic E-state index is 0.116. The van der Waals surface area contributed by atoms with Crippen LogP contribution in [0.25, 0.3) is 0 Å². The number of hydrogen-bond acceptors (Lipinski definition) is 5. The van der Waals surface area contributed by atoms with Gasteiger partial charge in [-0.2, -0.15) is 4.98 Å². The fraction of sp³-hybridized carbons (Fsp3) is 0. The van der Waals surface area contributed by atoms with E-state index >= 15 is 0 Å². The van der Waals surface area contributed by atoms with Gasteiger partial charge in [0, 0.05) is 29.7 Å². The van der Waals surface area contributed by atoms with Crippen molar-refractivity contribution in [3.8, 4) is 11.6 Å². The number of rotatable bonds is 3. The molecule has 0 saturated carbocycles. The van der Waals surface area contributed by atoms with Crippen molar-refractivity contribution >= 4 is 23.5 Å². The number of benzene rings is 1. The van der Waals surface area contributed by atoms with E-state index < -0.39 is 0 Å². The Morgan fingerprint density at radius 1 is 1.35 bits per heavy atom. The summed E-state index contributed by atoms with van der Waals surface area (Å²) in [5, 5.41) is 7.30. The van der Waals surface area contributed by atoms with Crippen LogP contribution in [-0.2, 0) is 0 Å². The van der Waals surface area contributed by atoms with Crippen LogP contribution in [0.4, 0.5) is 5.69 Å². The molecule has 5 nitrogen and oxygen atoms in total. The van der Waals surface area contributed by atoms with Gasteiger partial charge in [0.05, 0.1) is 0 Å². The number of nitrogens with one attached hydrogen (secondary N) is 1. The second kappa shape index (κ2) is 4.80. The van der Waals surface area contributed by atoms with Crippen molar-refractivity contribution in [1.82, 2.24) is 9.97 Å². The SMILES string of the molecule is N=Cc1cc(Oc2ccnc(Cl)n2)ccc1N. The van der Waals surface area contributed by atoms with E-state index in [0.29, 0.717) is 22.9 Å². The molecule has 86 valence electrons. The van der Waals surface area contributed by atoms with Crippen LogP contribution in [-0.4, -0.2) is 16.2 Å². The van der Waals surface area contributed by atoms with E-state index in [1.807, 2.05) is 0 Å². The van der Waals surface area contributed by atoms with E-state index in [4.69, 9.17) is 27.5 Å². The third-order valence-electron chi connectivity index (χ3n) is 2.04. The number of ether oxygens (including phenoxy) is 1. The van der Waals surface area contributed by atoms with Crippen LogP contribution in [0.15, 0.2) is 30.5 Å². The van der Waals surface area contributed by atoms with Crippen molar-refractivity contribution in [1.29, 1.82) is 5.41 Å². The van der Waals surface area contributed by atoms with E-state index in [1.54, 1.807) is 24.3 Å². The largest absolute Gasteiger partial charge is 0.439 e. The van der Waals surface area contributed by atoms with Crippen LogP contribution in [0.1, 0.15) is 5.56 Å². The average molecular weight is 249 g/mol. The van der Waals surface area contributed by atoms with Gasteiger partial charge in [0.1, 0.15) is 5.75 Å². The minimum atomic E-state index is 0.116. The van der Waals surface area contributed by atoms with Gasteiger partial charge in [-0.05, 0) is 29.8 Å². The Hall–Kier alpha value is -2.14. The summed E-state index contributed by atoms with van der Waals surface area (Å²) in [6.07, 6.45) is 2.66. The molecule has 17 heavy (non-hydrogen) atoms. The van der Waals surface area contributed by atoms with E-state index in [-0.39, 0.29) is 5.28 Å². The lowest BCUT2D eigenvalue weighted by molar-refractivity contribution is 0.461. The number of nitrogen functional groups attached to an aromatic ring is 1. The highest BCUT2D eigenvalue weighted by atomic mass is 35.5. The van der Waals surface area contributed by atoms with Gasteiger partial charge in [-0.1, -0.05) is 0 Å². The maximum absolute atomic E-state index is 7.19. The summed E-state index contributed by atoms with van der Waals surface area (Å²) in [5.41, 5.74) is 6.77. The van der Waals surface area contributed by atoms with Gasteiger partial charge in [0.25, 0.3) is 0 Å². The van der Waals surface area contributed by atoms with Crippen LogP contribution in [0.3, 0.4) is 0 Å². The molecule has 1 aromatic heterocycles. The molecular formula is C11H9ClN4O. The fourth-order valence-corrected chi connectivity index (χ4v) is 1.38. The summed E-state index contributed by atoms with van der Waals surface area (Å²) in [7, 11) is 0. The molecule has 0 aliphatic heterocycles. The Bertz CT molecular complexity index is 559. The Morgan fingerprint density at radius 2 is 2.18 bits per heavy atom. The lowest BCUT2D eigenvalue weighted by Crippen LogP contribution is -1.95. The standard InChI is InChI=1S/C11H9ClN4O/c12-11-15-4-3-10(16-11)17-8-1-2-9(14)7(5-8)6-13/h1-6,13H,14H2. The maximum Gasteiger partial charge on any atom is 0.225 e. The molecule has 0 spiro atoms. The quantitative estimate of drug-likeness (QED) is 0.496. The third-order valence-corrected chi connectivity index (χ3v) is 2.22. The first kappa shape index (κ1) is 11.3. The zero-order valence-corrected chi connectivity index (χ0v) is 9.48. The first-order valence-electron chi connectivity index (χ1n) is 4.75. The lowest BCUT2D eigenvalue weighted by Gasteiger charge is -2.06. The van der Waals surface area contributed by atoms with Gasteiger partial charge in [-0.15, -0.1) is 0 Å². The van der Waals surface area contributed by atoms with Crippen molar-refractivity contribution in [2.45, 2.75) is 0 Å². The van der Waals surface area contributed by atoms with Crippen LogP contribution < -0.4 is 10.5 Å². The first-order valence-corrected chi connectivity index (χ1v) is 5.13. The molecule has 0 amide bonds. The molecule has 0 aliphatic rings. The summed E-state index contributed by atoms with van der Waals surface area (Å²) >= 11 is 5.64. The Morgan fingerprint density at radius 3 is 2.88 bits per heavy atom. The molecule has 0 radical (unpaired) electrons. The van der Waals surface area contributed by atoms with Gasteiger partial charge in [0.2, 0.25) is 11.2 Å². The van der Waals surface area contributed by atoms with Gasteiger partial charge in [-0.25, -0.2) is 4.98 Å². The first-order chi connectivity index (χ1) is 8.19. The summed E-state index contributed by atoms with van der Waals surface area (Å²) in [4.78, 5) is 7.64. The normalized spacial score (nSPS) is 9.94. The monoisotopic (exact) mass is 248 g/mol. The second-order valence-electron chi connectivity index (χ2n) is 3.20. The number of halogens is 1. The van der Waals surface area contributed by atoms with Gasteiger partial charge >= 0.3 is 0 Å². The molecular weight excluding hydrogens is 240 g/mol. The number of hydrogen-bond donors (Lipinski definition) is 2. The predicted octanol–water partition coefficient (Wildman–Crippen LogP) is 2.50. The summed E-state index contributed by atoms with van der Waals surface area (Å²) in [6, 6.07) is 6.60. The van der Waals surface area contributed by atoms with Crippen LogP contribution in [0.5, 0.6) is 11.6 Å². The number of nitrogens with two attached hydrogens (primary N) is 1. The van der Waals surface area contributed by atoms with Gasteiger partial charge in [0.15, 0.2) is 0 Å². The van der Waals surface area contributed by atoms with Crippen molar-refractivity contribution in [2.24, 2.45) is 0 Å². The molecule has 0 aliphatic carbocycles. The van der Waals surface area contributed by atoms with E-state index in [1.165, 1.54) is 6.20 Å². The fourth-order valence-electron chi connectivity index (χ4n) is 1.24. The molecule has 3 N–H and O–H groups in total. The molecule has 1 aromatic carbocycles. The molecule has 0 saturated heterocycles. The third kappa shape index (κ3) is 2.70. The van der Waals surface area contributed by atoms with Crippen LogP contribution >= 0.6 is 11.6 Å². The summed E-state index contributed by atoms with van der Waals surface area (Å²) in [6.45, 7) is 0. The van der Waals surface area contributed by atoms with Crippen molar-refractivity contribution in [3.63, 3.8) is 0 Å². The zero-order chi connectivity index (χ0) is 12.3. The highest BCUT2D eigenvalue weighted by Crippen LogP contribution is 2.23. The topological polar surface area (TPSA) is 84.9 Å². The van der Waals surface area contributed by atoms with E-state index in [2.05, 4.69) is 9.97 Å². The minimum Gasteiger partial charge on any atom is -0.439 e. The lowest BCUT2D eigenvalue weighted by atomic mass is 10.2. The molecule has 2 aromatic rings. The molecule has 0 atom stereocenters. The average Bonchev–Trinajstić information content (AvgIpc) is 2.32. The van der Waals surface area contributed by atoms with Crippen molar-refractivity contribution in [3.05, 3.63) is 41.3 Å². The summed E-state index contributed by atoms with van der Waals surface area (Å²) in [5.74, 6) is 0.873.